The van der Waals surface area contributed by atoms with Crippen molar-refractivity contribution in [3.05, 3.63) is 64.7 Å². The lowest BCUT2D eigenvalue weighted by Gasteiger charge is -2.33. The van der Waals surface area contributed by atoms with Gasteiger partial charge in [0.1, 0.15) is 17.7 Å². The maximum Gasteiger partial charge on any atom is 0.257 e. The zero-order valence-corrected chi connectivity index (χ0v) is 14.5. The summed E-state index contributed by atoms with van der Waals surface area (Å²) >= 11 is 0. The number of benzene rings is 2. The molecule has 2 aliphatic heterocycles. The van der Waals surface area contributed by atoms with Gasteiger partial charge in [-0.25, -0.2) is 8.78 Å². The molecule has 1 fully saturated rings. The number of ether oxygens (including phenoxy) is 1. The Kier molecular flexibility index (Phi) is 4.61. The van der Waals surface area contributed by atoms with Crippen molar-refractivity contribution in [1.82, 2.24) is 4.90 Å². The Hall–Kier alpha value is -2.80. The minimum atomic E-state index is -0.661. The number of carbonyl (C=O) groups excluding carboxylic acids is 2. The van der Waals surface area contributed by atoms with E-state index in [1.165, 1.54) is 24.3 Å². The maximum absolute atomic E-state index is 14.5. The summed E-state index contributed by atoms with van der Waals surface area (Å²) in [5, 5.41) is 2.63. The average Bonchev–Trinajstić information content (AvgIpc) is 2.67. The standard InChI is InChI=1S/C20H18F2N2O3/c21-14-4-1-12(2-5-14)18-11-24(7-8-27-18)20(26)15-9-13-3-6-19(25)23-17(13)10-16(15)22/h1-2,4-5,9-10,18H,3,6-8,11H2,(H,23,25). The first-order chi connectivity index (χ1) is 13.0. The number of carbonyl (C=O) groups is 2. The third kappa shape index (κ3) is 3.55. The molecule has 2 aromatic carbocycles. The number of halogens is 2. The van der Waals surface area contributed by atoms with E-state index in [9.17, 15) is 18.4 Å². The van der Waals surface area contributed by atoms with Gasteiger partial charge in [0.15, 0.2) is 0 Å². The monoisotopic (exact) mass is 372 g/mol. The maximum atomic E-state index is 14.5. The van der Waals surface area contributed by atoms with Gasteiger partial charge in [-0.3, -0.25) is 9.59 Å². The van der Waals surface area contributed by atoms with Crippen LogP contribution in [0.5, 0.6) is 0 Å². The van der Waals surface area contributed by atoms with Crippen LogP contribution in [0, 0.1) is 11.6 Å². The van der Waals surface area contributed by atoms with Gasteiger partial charge in [-0.15, -0.1) is 0 Å². The predicted molar refractivity (Wildman–Crippen MR) is 94.3 cm³/mol. The van der Waals surface area contributed by atoms with Crippen LogP contribution in [0.2, 0.25) is 0 Å². The molecule has 0 saturated carbocycles. The van der Waals surface area contributed by atoms with E-state index >= 15 is 0 Å². The van der Waals surface area contributed by atoms with Crippen LogP contribution in [0.15, 0.2) is 36.4 Å². The molecule has 7 heteroatoms. The van der Waals surface area contributed by atoms with Crippen molar-refractivity contribution in [2.45, 2.75) is 18.9 Å². The fourth-order valence-corrected chi connectivity index (χ4v) is 3.45. The molecule has 4 rings (SSSR count). The van der Waals surface area contributed by atoms with Crippen molar-refractivity contribution in [1.29, 1.82) is 0 Å². The van der Waals surface area contributed by atoms with Crippen LogP contribution in [-0.4, -0.2) is 36.4 Å². The number of rotatable bonds is 2. The Bertz CT molecular complexity index is 899. The van der Waals surface area contributed by atoms with E-state index < -0.39 is 11.7 Å². The predicted octanol–water partition coefficient (Wildman–Crippen LogP) is 3.06. The lowest BCUT2D eigenvalue weighted by molar-refractivity contribution is -0.116. The average molecular weight is 372 g/mol. The van der Waals surface area contributed by atoms with Gasteiger partial charge < -0.3 is 15.0 Å². The first kappa shape index (κ1) is 17.6. The second kappa shape index (κ2) is 7.08. The highest BCUT2D eigenvalue weighted by molar-refractivity contribution is 5.98. The fraction of sp³-hybridized carbons (Fsp3) is 0.300. The second-order valence-corrected chi connectivity index (χ2v) is 6.70. The molecular formula is C20H18F2N2O3. The second-order valence-electron chi connectivity index (χ2n) is 6.70. The topological polar surface area (TPSA) is 58.6 Å². The number of nitrogens with one attached hydrogen (secondary N) is 1. The highest BCUT2D eigenvalue weighted by Gasteiger charge is 2.29. The van der Waals surface area contributed by atoms with E-state index in [1.807, 2.05) is 0 Å². The number of hydrogen-bond acceptors (Lipinski definition) is 3. The molecule has 1 atom stereocenters. The quantitative estimate of drug-likeness (QED) is 0.882. The SMILES string of the molecule is O=C1CCc2cc(C(=O)N3CCOC(c4ccc(F)cc4)C3)c(F)cc2N1. The van der Waals surface area contributed by atoms with Crippen molar-refractivity contribution in [2.24, 2.45) is 0 Å². The highest BCUT2D eigenvalue weighted by Crippen LogP contribution is 2.28. The van der Waals surface area contributed by atoms with Crippen molar-refractivity contribution < 1.29 is 23.1 Å². The summed E-state index contributed by atoms with van der Waals surface area (Å²) in [6, 6.07) is 8.66. The molecule has 0 aliphatic carbocycles. The highest BCUT2D eigenvalue weighted by atomic mass is 19.1. The van der Waals surface area contributed by atoms with Crippen LogP contribution in [0.3, 0.4) is 0 Å². The Morgan fingerprint density at radius 2 is 1.93 bits per heavy atom. The van der Waals surface area contributed by atoms with Gasteiger partial charge in [0, 0.05) is 18.7 Å². The summed E-state index contributed by atoms with van der Waals surface area (Å²) in [5.74, 6) is -1.57. The number of aryl methyl sites for hydroxylation is 1. The summed E-state index contributed by atoms with van der Waals surface area (Å²) < 4.78 is 33.3. The minimum Gasteiger partial charge on any atom is -0.370 e. The van der Waals surface area contributed by atoms with Crippen molar-refractivity contribution >= 4 is 17.5 Å². The van der Waals surface area contributed by atoms with E-state index in [1.54, 1.807) is 17.0 Å². The van der Waals surface area contributed by atoms with Gasteiger partial charge in [-0.05, 0) is 41.8 Å². The van der Waals surface area contributed by atoms with Gasteiger partial charge in [0.05, 0.1) is 18.7 Å². The van der Waals surface area contributed by atoms with Crippen LogP contribution in [0.25, 0.3) is 0 Å². The first-order valence-corrected chi connectivity index (χ1v) is 8.80. The Balaban J connectivity index is 1.55. The zero-order valence-electron chi connectivity index (χ0n) is 14.5. The van der Waals surface area contributed by atoms with Gasteiger partial charge >= 0.3 is 0 Å². The lowest BCUT2D eigenvalue weighted by Crippen LogP contribution is -2.42. The number of amides is 2. The molecule has 5 nitrogen and oxygen atoms in total. The normalized spacial score (nSPS) is 19.4. The smallest absolute Gasteiger partial charge is 0.257 e. The molecule has 140 valence electrons. The van der Waals surface area contributed by atoms with Gasteiger partial charge in [-0.2, -0.15) is 0 Å². The molecule has 1 unspecified atom stereocenters. The van der Waals surface area contributed by atoms with E-state index in [-0.39, 0.29) is 29.9 Å². The molecule has 2 aromatic rings. The van der Waals surface area contributed by atoms with Gasteiger partial charge in [0.25, 0.3) is 5.91 Å². The van der Waals surface area contributed by atoms with E-state index in [2.05, 4.69) is 5.32 Å². The van der Waals surface area contributed by atoms with E-state index in [0.717, 1.165) is 11.1 Å². The molecule has 1 N–H and O–H groups in total. The van der Waals surface area contributed by atoms with Gasteiger partial charge in [-0.1, -0.05) is 12.1 Å². The number of morpholine rings is 1. The van der Waals surface area contributed by atoms with Crippen molar-refractivity contribution in [3.8, 4) is 0 Å². The summed E-state index contributed by atoms with van der Waals surface area (Å²) in [4.78, 5) is 25.9. The lowest BCUT2D eigenvalue weighted by atomic mass is 9.99. The van der Waals surface area contributed by atoms with Gasteiger partial charge in [0.2, 0.25) is 5.91 Å². The summed E-state index contributed by atoms with van der Waals surface area (Å²) in [5.41, 5.74) is 1.93. The van der Waals surface area contributed by atoms with E-state index in [4.69, 9.17) is 4.74 Å². The third-order valence-corrected chi connectivity index (χ3v) is 4.91. The molecular weight excluding hydrogens is 354 g/mol. The van der Waals surface area contributed by atoms with Crippen LogP contribution < -0.4 is 5.32 Å². The summed E-state index contributed by atoms with van der Waals surface area (Å²) in [6.45, 7) is 0.928. The van der Waals surface area contributed by atoms with E-state index in [0.29, 0.717) is 31.7 Å². The van der Waals surface area contributed by atoms with Crippen LogP contribution in [-0.2, 0) is 16.0 Å². The molecule has 2 amide bonds. The molecule has 0 radical (unpaired) electrons. The molecule has 0 spiro atoms. The largest absolute Gasteiger partial charge is 0.370 e. The minimum absolute atomic E-state index is 0.00958. The molecule has 2 heterocycles. The van der Waals surface area contributed by atoms with Crippen LogP contribution in [0.4, 0.5) is 14.5 Å². The Labute approximate surface area is 154 Å². The summed E-state index contributed by atoms with van der Waals surface area (Å²) in [6.07, 6.45) is 0.405. The number of hydrogen-bond donors (Lipinski definition) is 1. The number of nitrogens with zero attached hydrogens (tertiary/aromatic N) is 1. The Morgan fingerprint density at radius 1 is 1.15 bits per heavy atom. The van der Waals surface area contributed by atoms with Crippen LogP contribution in [0.1, 0.15) is 34.0 Å². The molecule has 0 bridgehead atoms. The molecule has 1 saturated heterocycles. The number of anilines is 1. The van der Waals surface area contributed by atoms with Crippen molar-refractivity contribution in [3.63, 3.8) is 0 Å². The molecule has 2 aliphatic rings. The van der Waals surface area contributed by atoms with Crippen LogP contribution >= 0.6 is 0 Å². The first-order valence-electron chi connectivity index (χ1n) is 8.80. The van der Waals surface area contributed by atoms with Crippen molar-refractivity contribution in [2.75, 3.05) is 25.0 Å². The molecule has 27 heavy (non-hydrogen) atoms. The molecule has 0 aromatic heterocycles. The number of fused-ring (bicyclic) bond motifs is 1. The summed E-state index contributed by atoms with van der Waals surface area (Å²) in [7, 11) is 0. The Morgan fingerprint density at radius 3 is 2.70 bits per heavy atom. The third-order valence-electron chi connectivity index (χ3n) is 4.91. The fourth-order valence-electron chi connectivity index (χ4n) is 3.45. The zero-order chi connectivity index (χ0) is 19.0.